The maximum absolute atomic E-state index is 12.6. The van der Waals surface area contributed by atoms with Crippen molar-refractivity contribution in [3.8, 4) is 0 Å². The summed E-state index contributed by atoms with van der Waals surface area (Å²) < 4.78 is 1.07. The Kier molecular flexibility index (Phi) is 5.81. The molecule has 0 spiro atoms. The lowest BCUT2D eigenvalue weighted by Crippen LogP contribution is -2.33. The summed E-state index contributed by atoms with van der Waals surface area (Å²) in [6.45, 7) is 1.67. The number of pyridine rings is 1. The number of nitrogens with one attached hydrogen (secondary N) is 2. The van der Waals surface area contributed by atoms with Crippen molar-refractivity contribution in [3.05, 3.63) is 45.1 Å². The fraction of sp³-hybridized carbons (Fsp3) is 0.353. The molecule has 7 nitrogen and oxygen atoms in total. The molecule has 0 aliphatic heterocycles. The number of anilines is 1. The minimum atomic E-state index is -0.464. The van der Waals surface area contributed by atoms with Crippen LogP contribution in [-0.4, -0.2) is 46.6 Å². The first kappa shape index (κ1) is 19.0. The van der Waals surface area contributed by atoms with Gasteiger partial charge in [-0.15, -0.1) is 12.4 Å². The van der Waals surface area contributed by atoms with Gasteiger partial charge in [0.1, 0.15) is 11.0 Å². The molecule has 25 heavy (non-hydrogen) atoms. The Hall–Kier alpha value is -2.38. The van der Waals surface area contributed by atoms with Gasteiger partial charge in [-0.25, -0.2) is 9.78 Å². The van der Waals surface area contributed by atoms with E-state index in [0.29, 0.717) is 11.0 Å². The molecule has 0 fully saturated rings. The van der Waals surface area contributed by atoms with E-state index in [1.165, 1.54) is 7.05 Å². The number of H-pyrrole nitrogens is 1. The van der Waals surface area contributed by atoms with Gasteiger partial charge < -0.3 is 10.2 Å². The molecule has 0 saturated heterocycles. The molecule has 0 aliphatic carbocycles. The molecule has 0 saturated carbocycles. The number of benzene rings is 1. The molecule has 2 aromatic heterocycles. The Morgan fingerprint density at radius 1 is 1.24 bits per heavy atom. The average molecular weight is 364 g/mol. The molecule has 0 atom stereocenters. The molecule has 2 N–H and O–H groups in total. The van der Waals surface area contributed by atoms with Crippen molar-refractivity contribution in [2.75, 3.05) is 32.5 Å². The topological polar surface area (TPSA) is 83.0 Å². The SMILES string of the molecule is CN(C)CCCNc1c2ccccc2nc2[nH]c(=O)n(C)c(=O)c12.Cl. The molecule has 0 amide bonds. The van der Waals surface area contributed by atoms with Crippen LogP contribution >= 0.6 is 12.4 Å². The molecule has 8 heteroatoms. The van der Waals surface area contributed by atoms with Crippen LogP contribution in [0.25, 0.3) is 21.9 Å². The largest absolute Gasteiger partial charge is 0.384 e. The number of hydrogen-bond donors (Lipinski definition) is 2. The standard InChI is InChI=1S/C17H21N5O2.ClH/c1-21(2)10-6-9-18-14-11-7-4-5-8-12(11)19-15-13(14)16(23)22(3)17(24)20-15;/h4-5,7-8H,6,9-10H2,1-3H3,(H2,18,19,20,24);1H. The minimum Gasteiger partial charge on any atom is -0.384 e. The summed E-state index contributed by atoms with van der Waals surface area (Å²) in [7, 11) is 5.51. The third-order valence-electron chi connectivity index (χ3n) is 4.02. The Balaban J connectivity index is 0.00000225. The summed E-state index contributed by atoms with van der Waals surface area (Å²) in [5.41, 5.74) is 0.975. The van der Waals surface area contributed by atoms with Gasteiger partial charge >= 0.3 is 5.69 Å². The van der Waals surface area contributed by atoms with Crippen molar-refractivity contribution in [1.29, 1.82) is 0 Å². The summed E-state index contributed by atoms with van der Waals surface area (Å²) in [4.78, 5) is 33.7. The van der Waals surface area contributed by atoms with E-state index in [1.807, 2.05) is 38.4 Å². The normalized spacial score (nSPS) is 11.0. The lowest BCUT2D eigenvalue weighted by atomic mass is 10.1. The first-order chi connectivity index (χ1) is 11.5. The van der Waals surface area contributed by atoms with E-state index in [1.54, 1.807) is 0 Å². The number of halogens is 1. The van der Waals surface area contributed by atoms with Crippen LogP contribution in [0.3, 0.4) is 0 Å². The number of nitrogens with zero attached hydrogens (tertiary/aromatic N) is 3. The molecule has 3 aromatic rings. The highest BCUT2D eigenvalue weighted by molar-refractivity contribution is 6.05. The summed E-state index contributed by atoms with van der Waals surface area (Å²) in [6.07, 6.45) is 0.939. The smallest absolute Gasteiger partial charge is 0.329 e. The highest BCUT2D eigenvalue weighted by Crippen LogP contribution is 2.27. The van der Waals surface area contributed by atoms with Crippen LogP contribution in [0.2, 0.25) is 0 Å². The van der Waals surface area contributed by atoms with E-state index in [-0.39, 0.29) is 18.0 Å². The van der Waals surface area contributed by atoms with E-state index < -0.39 is 5.69 Å². The van der Waals surface area contributed by atoms with E-state index >= 15 is 0 Å². The lowest BCUT2D eigenvalue weighted by Gasteiger charge is -2.14. The van der Waals surface area contributed by atoms with Crippen LogP contribution in [0.4, 0.5) is 5.69 Å². The van der Waals surface area contributed by atoms with Gasteiger partial charge in [0.25, 0.3) is 5.56 Å². The molecular formula is C17H22ClN5O2. The Morgan fingerprint density at radius 3 is 2.68 bits per heavy atom. The van der Waals surface area contributed by atoms with E-state index in [4.69, 9.17) is 0 Å². The zero-order valence-electron chi connectivity index (χ0n) is 14.5. The van der Waals surface area contributed by atoms with Crippen molar-refractivity contribution in [2.24, 2.45) is 7.05 Å². The number of para-hydroxylation sites is 1. The molecule has 0 bridgehead atoms. The highest BCUT2D eigenvalue weighted by atomic mass is 35.5. The van der Waals surface area contributed by atoms with E-state index in [9.17, 15) is 9.59 Å². The van der Waals surface area contributed by atoms with Crippen molar-refractivity contribution >= 4 is 40.0 Å². The van der Waals surface area contributed by atoms with Crippen molar-refractivity contribution in [1.82, 2.24) is 19.4 Å². The van der Waals surface area contributed by atoms with Crippen LogP contribution in [0.1, 0.15) is 6.42 Å². The fourth-order valence-electron chi connectivity index (χ4n) is 2.75. The number of hydrogen-bond acceptors (Lipinski definition) is 5. The van der Waals surface area contributed by atoms with Crippen LogP contribution in [0.5, 0.6) is 0 Å². The first-order valence-corrected chi connectivity index (χ1v) is 7.89. The Labute approximate surface area is 151 Å². The van der Waals surface area contributed by atoms with E-state index in [2.05, 4.69) is 20.2 Å². The summed E-state index contributed by atoms with van der Waals surface area (Å²) in [5, 5.41) is 4.66. The second kappa shape index (κ2) is 7.67. The number of fused-ring (bicyclic) bond motifs is 2. The molecule has 134 valence electrons. The third-order valence-corrected chi connectivity index (χ3v) is 4.02. The Morgan fingerprint density at radius 2 is 1.96 bits per heavy atom. The fourth-order valence-corrected chi connectivity index (χ4v) is 2.75. The van der Waals surface area contributed by atoms with Crippen LogP contribution in [-0.2, 0) is 7.05 Å². The predicted octanol–water partition coefficient (Wildman–Crippen LogP) is 1.56. The summed E-state index contributed by atoms with van der Waals surface area (Å²) in [6, 6.07) is 7.60. The van der Waals surface area contributed by atoms with Crippen LogP contribution in [0, 0.1) is 0 Å². The lowest BCUT2D eigenvalue weighted by molar-refractivity contribution is 0.405. The molecule has 0 radical (unpaired) electrons. The van der Waals surface area contributed by atoms with Gasteiger partial charge in [-0.1, -0.05) is 18.2 Å². The zero-order valence-corrected chi connectivity index (χ0v) is 15.3. The van der Waals surface area contributed by atoms with Gasteiger partial charge in [0.05, 0.1) is 11.2 Å². The van der Waals surface area contributed by atoms with Crippen molar-refractivity contribution in [2.45, 2.75) is 6.42 Å². The molecule has 3 rings (SSSR count). The van der Waals surface area contributed by atoms with Gasteiger partial charge in [0.2, 0.25) is 0 Å². The van der Waals surface area contributed by atoms with Gasteiger partial charge in [0.15, 0.2) is 0 Å². The molecule has 1 aromatic carbocycles. The minimum absolute atomic E-state index is 0. The third kappa shape index (κ3) is 3.67. The monoisotopic (exact) mass is 363 g/mol. The van der Waals surface area contributed by atoms with Crippen LogP contribution < -0.4 is 16.6 Å². The summed E-state index contributed by atoms with van der Waals surface area (Å²) >= 11 is 0. The highest BCUT2D eigenvalue weighted by Gasteiger charge is 2.14. The zero-order chi connectivity index (χ0) is 17.3. The second-order valence-corrected chi connectivity index (χ2v) is 6.11. The predicted molar refractivity (Wildman–Crippen MR) is 104 cm³/mol. The van der Waals surface area contributed by atoms with Gasteiger partial charge in [-0.3, -0.25) is 14.3 Å². The van der Waals surface area contributed by atoms with Crippen molar-refractivity contribution < 1.29 is 0 Å². The molecule has 2 heterocycles. The van der Waals surface area contributed by atoms with Crippen molar-refractivity contribution in [3.63, 3.8) is 0 Å². The average Bonchev–Trinajstić information content (AvgIpc) is 2.55. The Bertz CT molecular complexity index is 1010. The molecule has 0 aliphatic rings. The maximum Gasteiger partial charge on any atom is 0.329 e. The summed E-state index contributed by atoms with van der Waals surface area (Å²) in [5.74, 6) is 0. The van der Waals surface area contributed by atoms with Gasteiger partial charge in [0, 0.05) is 19.0 Å². The van der Waals surface area contributed by atoms with Gasteiger partial charge in [-0.2, -0.15) is 0 Å². The number of rotatable bonds is 5. The van der Waals surface area contributed by atoms with Gasteiger partial charge in [-0.05, 0) is 33.1 Å². The van der Waals surface area contributed by atoms with Crippen LogP contribution in [0.15, 0.2) is 33.9 Å². The van der Waals surface area contributed by atoms with E-state index in [0.717, 1.165) is 40.7 Å². The number of aromatic amines is 1. The number of aromatic nitrogens is 3. The maximum atomic E-state index is 12.6. The second-order valence-electron chi connectivity index (χ2n) is 6.11. The first-order valence-electron chi connectivity index (χ1n) is 7.89. The molecule has 0 unspecified atom stereocenters. The quantitative estimate of drug-likeness (QED) is 0.531. The molecular weight excluding hydrogens is 342 g/mol.